The standard InChI is InChI=1S/C19H17ClN4O7S/c20-15-4-2-1-3-14(15)19-21-18(31-22-19)12-30-17-6-5-13(11-16(17)24(25)26)32(27,28)23-7-9-29-10-8-23/h1-6,11H,7-10,12H2. The Morgan fingerprint density at radius 1 is 1.19 bits per heavy atom. The van der Waals surface area contributed by atoms with Gasteiger partial charge in [0.1, 0.15) is 0 Å². The molecule has 3 aromatic rings. The van der Waals surface area contributed by atoms with Gasteiger partial charge < -0.3 is 14.0 Å². The molecule has 1 saturated heterocycles. The zero-order chi connectivity index (χ0) is 22.7. The largest absolute Gasteiger partial charge is 0.477 e. The number of nitro groups is 1. The molecule has 1 fully saturated rings. The van der Waals surface area contributed by atoms with Gasteiger partial charge in [0, 0.05) is 24.7 Å². The van der Waals surface area contributed by atoms with E-state index in [2.05, 4.69) is 10.1 Å². The summed E-state index contributed by atoms with van der Waals surface area (Å²) in [6, 6.07) is 10.4. The maximum Gasteiger partial charge on any atom is 0.312 e. The van der Waals surface area contributed by atoms with Crippen LogP contribution in [0, 0.1) is 10.1 Å². The minimum absolute atomic E-state index is 0.0687. The second-order valence-corrected chi connectivity index (χ2v) is 9.03. The summed E-state index contributed by atoms with van der Waals surface area (Å²) < 4.78 is 42.6. The van der Waals surface area contributed by atoms with E-state index in [9.17, 15) is 18.5 Å². The lowest BCUT2D eigenvalue weighted by molar-refractivity contribution is -0.386. The summed E-state index contributed by atoms with van der Waals surface area (Å²) in [7, 11) is -3.89. The number of rotatable bonds is 7. The van der Waals surface area contributed by atoms with Crippen molar-refractivity contribution in [1.29, 1.82) is 0 Å². The number of hydrogen-bond donors (Lipinski definition) is 0. The molecule has 1 aliphatic rings. The van der Waals surface area contributed by atoms with Gasteiger partial charge in [-0.15, -0.1) is 0 Å². The third kappa shape index (κ3) is 4.58. The second-order valence-electron chi connectivity index (χ2n) is 6.68. The van der Waals surface area contributed by atoms with Crippen LogP contribution in [0.4, 0.5) is 5.69 Å². The Morgan fingerprint density at radius 2 is 1.94 bits per heavy atom. The molecule has 0 amide bonds. The number of hydrogen-bond acceptors (Lipinski definition) is 9. The molecular formula is C19H17ClN4O7S. The van der Waals surface area contributed by atoms with Crippen LogP contribution < -0.4 is 4.74 Å². The molecule has 4 rings (SSSR count). The molecule has 0 radical (unpaired) electrons. The van der Waals surface area contributed by atoms with Crippen LogP contribution in [0.1, 0.15) is 5.89 Å². The molecule has 1 aliphatic heterocycles. The summed E-state index contributed by atoms with van der Waals surface area (Å²) in [4.78, 5) is 14.8. The SMILES string of the molecule is O=[N+]([O-])c1cc(S(=O)(=O)N2CCOCC2)ccc1OCc1nc(-c2ccccc2Cl)no1. The molecule has 2 aromatic carbocycles. The summed E-state index contributed by atoms with van der Waals surface area (Å²) in [6.07, 6.45) is 0. The van der Waals surface area contributed by atoms with Gasteiger partial charge in [0.05, 0.1) is 28.1 Å². The van der Waals surface area contributed by atoms with Crippen LogP contribution in [0.15, 0.2) is 51.9 Å². The molecule has 13 heteroatoms. The van der Waals surface area contributed by atoms with Crippen molar-refractivity contribution in [1.82, 2.24) is 14.4 Å². The fourth-order valence-electron chi connectivity index (χ4n) is 3.06. The average molecular weight is 481 g/mol. The number of benzene rings is 2. The molecule has 32 heavy (non-hydrogen) atoms. The van der Waals surface area contributed by atoms with E-state index in [1.165, 1.54) is 16.4 Å². The average Bonchev–Trinajstić information content (AvgIpc) is 3.27. The van der Waals surface area contributed by atoms with E-state index in [0.717, 1.165) is 6.07 Å². The molecule has 0 aliphatic carbocycles. The molecule has 0 unspecified atom stereocenters. The van der Waals surface area contributed by atoms with Gasteiger partial charge >= 0.3 is 5.69 Å². The normalized spacial score (nSPS) is 14.9. The molecule has 0 atom stereocenters. The van der Waals surface area contributed by atoms with Gasteiger partial charge in [-0.05, 0) is 24.3 Å². The van der Waals surface area contributed by atoms with E-state index in [4.69, 9.17) is 25.6 Å². The van der Waals surface area contributed by atoms with Crippen molar-refractivity contribution < 1.29 is 27.3 Å². The number of nitro benzene ring substituents is 1. The van der Waals surface area contributed by atoms with E-state index in [1.807, 2.05) is 0 Å². The first-order valence-corrected chi connectivity index (χ1v) is 11.2. The molecule has 168 valence electrons. The fraction of sp³-hybridized carbons (Fsp3) is 0.263. The Labute approximate surface area is 187 Å². The van der Waals surface area contributed by atoms with Crippen LogP contribution in [0.5, 0.6) is 5.75 Å². The van der Waals surface area contributed by atoms with E-state index < -0.39 is 20.6 Å². The van der Waals surface area contributed by atoms with Crippen molar-refractivity contribution in [2.45, 2.75) is 11.5 Å². The van der Waals surface area contributed by atoms with Gasteiger partial charge in [-0.25, -0.2) is 8.42 Å². The quantitative estimate of drug-likeness (QED) is 0.369. The summed E-state index contributed by atoms with van der Waals surface area (Å²) >= 11 is 6.12. The summed E-state index contributed by atoms with van der Waals surface area (Å²) in [5.74, 6) is 0.184. The Bertz CT molecular complexity index is 1240. The highest BCUT2D eigenvalue weighted by Crippen LogP contribution is 2.32. The fourth-order valence-corrected chi connectivity index (χ4v) is 4.71. The lowest BCUT2D eigenvalue weighted by Gasteiger charge is -2.26. The van der Waals surface area contributed by atoms with Gasteiger partial charge in [0.15, 0.2) is 12.4 Å². The zero-order valence-corrected chi connectivity index (χ0v) is 18.1. The minimum atomic E-state index is -3.89. The number of nitrogens with zero attached hydrogens (tertiary/aromatic N) is 4. The summed E-state index contributed by atoms with van der Waals surface area (Å²) in [5, 5.41) is 15.8. The van der Waals surface area contributed by atoms with Crippen LogP contribution in [-0.4, -0.2) is 54.1 Å². The molecule has 0 saturated carbocycles. The minimum Gasteiger partial charge on any atom is -0.477 e. The topological polar surface area (TPSA) is 138 Å². The van der Waals surface area contributed by atoms with Crippen LogP contribution in [-0.2, 0) is 21.4 Å². The number of sulfonamides is 1. The van der Waals surface area contributed by atoms with Gasteiger partial charge in [-0.3, -0.25) is 10.1 Å². The van der Waals surface area contributed by atoms with Crippen LogP contribution in [0.2, 0.25) is 5.02 Å². The van der Waals surface area contributed by atoms with Crippen molar-refractivity contribution in [2.24, 2.45) is 0 Å². The third-order valence-electron chi connectivity index (χ3n) is 4.67. The second kappa shape index (κ2) is 9.20. The smallest absolute Gasteiger partial charge is 0.312 e. The predicted molar refractivity (Wildman–Crippen MR) is 112 cm³/mol. The molecule has 11 nitrogen and oxygen atoms in total. The molecule has 0 spiro atoms. The highest BCUT2D eigenvalue weighted by molar-refractivity contribution is 7.89. The van der Waals surface area contributed by atoms with Gasteiger partial charge in [-0.1, -0.05) is 28.9 Å². The van der Waals surface area contributed by atoms with Crippen molar-refractivity contribution in [3.05, 3.63) is 63.5 Å². The monoisotopic (exact) mass is 480 g/mol. The third-order valence-corrected chi connectivity index (χ3v) is 6.89. The van der Waals surface area contributed by atoms with Crippen molar-refractivity contribution in [3.63, 3.8) is 0 Å². The lowest BCUT2D eigenvalue weighted by atomic mass is 10.2. The number of aromatic nitrogens is 2. The first-order chi connectivity index (χ1) is 15.4. The first kappa shape index (κ1) is 22.1. The first-order valence-electron chi connectivity index (χ1n) is 9.43. The highest BCUT2D eigenvalue weighted by atomic mass is 35.5. The van der Waals surface area contributed by atoms with Gasteiger partial charge in [0.2, 0.25) is 15.8 Å². The number of ether oxygens (including phenoxy) is 2. The van der Waals surface area contributed by atoms with Gasteiger partial charge in [0.25, 0.3) is 5.89 Å². The van der Waals surface area contributed by atoms with E-state index in [0.29, 0.717) is 10.6 Å². The molecule has 0 bridgehead atoms. The molecule has 2 heterocycles. The number of halogens is 1. The van der Waals surface area contributed by atoms with E-state index in [1.54, 1.807) is 24.3 Å². The van der Waals surface area contributed by atoms with Gasteiger partial charge in [-0.2, -0.15) is 9.29 Å². The maximum absolute atomic E-state index is 12.8. The van der Waals surface area contributed by atoms with E-state index >= 15 is 0 Å². The Hall–Kier alpha value is -3.06. The van der Waals surface area contributed by atoms with Crippen molar-refractivity contribution >= 4 is 27.3 Å². The van der Waals surface area contributed by atoms with Crippen LogP contribution in [0.3, 0.4) is 0 Å². The molecule has 0 N–H and O–H groups in total. The summed E-state index contributed by atoms with van der Waals surface area (Å²) in [6.45, 7) is 0.637. The molecular weight excluding hydrogens is 464 g/mol. The zero-order valence-electron chi connectivity index (χ0n) is 16.5. The van der Waals surface area contributed by atoms with E-state index in [-0.39, 0.29) is 55.3 Å². The van der Waals surface area contributed by atoms with Crippen molar-refractivity contribution in [3.8, 4) is 17.1 Å². The molecule has 1 aromatic heterocycles. The Balaban J connectivity index is 1.53. The Kier molecular flexibility index (Phi) is 6.37. The maximum atomic E-state index is 12.8. The van der Waals surface area contributed by atoms with Crippen LogP contribution in [0.25, 0.3) is 11.4 Å². The predicted octanol–water partition coefficient (Wildman–Crippen LogP) is 2.90. The highest BCUT2D eigenvalue weighted by Gasteiger charge is 2.29. The number of morpholine rings is 1. The summed E-state index contributed by atoms with van der Waals surface area (Å²) in [5.41, 5.74) is 0.0676. The van der Waals surface area contributed by atoms with Crippen molar-refractivity contribution in [2.75, 3.05) is 26.3 Å². The Morgan fingerprint density at radius 3 is 2.66 bits per heavy atom. The van der Waals surface area contributed by atoms with Crippen LogP contribution >= 0.6 is 11.6 Å². The lowest BCUT2D eigenvalue weighted by Crippen LogP contribution is -2.40.